The molecule has 0 saturated heterocycles. The van der Waals surface area contributed by atoms with E-state index >= 15 is 0 Å². The average Bonchev–Trinajstić information content (AvgIpc) is 3.27. The zero-order valence-electron chi connectivity index (χ0n) is 11.8. The molecule has 0 aliphatic heterocycles. The minimum absolute atomic E-state index is 0.0905. The summed E-state index contributed by atoms with van der Waals surface area (Å²) >= 11 is 1.13. The summed E-state index contributed by atoms with van der Waals surface area (Å²) in [6, 6.07) is 3.34. The number of rotatable bonds is 4. The molecule has 2 rings (SSSR count). The molecule has 1 N–H and O–H groups in total. The number of thioether (sulfide) groups is 1. The Kier molecular flexibility index (Phi) is 5.19. The van der Waals surface area contributed by atoms with Gasteiger partial charge in [-0.2, -0.15) is 18.4 Å². The highest BCUT2D eigenvalue weighted by atomic mass is 32.2. The lowest BCUT2D eigenvalue weighted by molar-refractivity contribution is -0.137. The fraction of sp³-hybridized carbons (Fsp3) is 0.429. The number of aliphatic imine (C=N–C) groups is 1. The number of halogens is 3. The van der Waals surface area contributed by atoms with Crippen LogP contribution in [-0.4, -0.2) is 18.0 Å². The van der Waals surface area contributed by atoms with Crippen LogP contribution in [0, 0.1) is 17.4 Å². The number of ether oxygens (including phenoxy) is 1. The van der Waals surface area contributed by atoms with E-state index in [1.807, 2.05) is 0 Å². The summed E-state index contributed by atoms with van der Waals surface area (Å²) in [6.07, 6.45) is 0.975. The molecule has 1 saturated carbocycles. The van der Waals surface area contributed by atoms with Crippen molar-refractivity contribution in [2.45, 2.75) is 19.0 Å². The first-order chi connectivity index (χ1) is 10.4. The van der Waals surface area contributed by atoms with Crippen molar-refractivity contribution in [3.63, 3.8) is 0 Å². The largest absolute Gasteiger partial charge is 0.493 e. The lowest BCUT2D eigenvalue weighted by Gasteiger charge is -2.12. The number of alkyl halides is 3. The van der Waals surface area contributed by atoms with E-state index in [9.17, 15) is 13.2 Å². The maximum Gasteiger partial charge on any atom is 0.416 e. The number of hydrogen-bond acceptors (Lipinski definition) is 4. The molecule has 0 unspecified atom stereocenters. The van der Waals surface area contributed by atoms with Crippen LogP contribution in [0.15, 0.2) is 23.2 Å². The van der Waals surface area contributed by atoms with E-state index in [4.69, 9.17) is 10.00 Å². The van der Waals surface area contributed by atoms with Crippen molar-refractivity contribution in [3.8, 4) is 11.9 Å². The lowest BCUT2D eigenvalue weighted by atomic mass is 10.2. The Morgan fingerprint density at radius 1 is 1.45 bits per heavy atom. The molecule has 1 aromatic carbocycles. The number of hydrogen-bond donors (Lipinski definition) is 1. The van der Waals surface area contributed by atoms with Gasteiger partial charge in [0.15, 0.2) is 11.4 Å². The molecule has 0 radical (unpaired) electrons. The highest BCUT2D eigenvalue weighted by Gasteiger charge is 2.32. The van der Waals surface area contributed by atoms with Crippen molar-refractivity contribution in [1.82, 2.24) is 5.32 Å². The van der Waals surface area contributed by atoms with Crippen molar-refractivity contribution in [3.05, 3.63) is 23.8 Å². The van der Waals surface area contributed by atoms with Gasteiger partial charge in [0.2, 0.25) is 0 Å². The third kappa shape index (κ3) is 4.84. The van der Waals surface area contributed by atoms with E-state index in [0.29, 0.717) is 12.5 Å². The number of amidine groups is 1. The van der Waals surface area contributed by atoms with Crippen LogP contribution in [0.2, 0.25) is 0 Å². The van der Waals surface area contributed by atoms with Crippen LogP contribution >= 0.6 is 11.8 Å². The quantitative estimate of drug-likeness (QED) is 0.394. The van der Waals surface area contributed by atoms with Crippen LogP contribution in [0.25, 0.3) is 0 Å². The minimum Gasteiger partial charge on any atom is -0.493 e. The van der Waals surface area contributed by atoms with Crippen LogP contribution < -0.4 is 10.1 Å². The Morgan fingerprint density at radius 3 is 2.73 bits per heavy atom. The zero-order valence-corrected chi connectivity index (χ0v) is 12.6. The van der Waals surface area contributed by atoms with Gasteiger partial charge in [-0.3, -0.25) is 5.32 Å². The standard InChI is InChI=1S/C14H14F3N3OS/c1-22-13(19-8-18)20-11-4-10(14(15,16)17)5-12(6-11)21-7-9-2-3-9/h4-6,9H,2-3,7H2,1H3,(H,19,20). The molecule has 0 atom stereocenters. The first-order valence-corrected chi connectivity index (χ1v) is 7.77. The van der Waals surface area contributed by atoms with Gasteiger partial charge in [0.05, 0.1) is 17.9 Å². The molecule has 1 fully saturated rings. The number of benzene rings is 1. The molecule has 118 valence electrons. The lowest BCUT2D eigenvalue weighted by Crippen LogP contribution is -2.12. The molecule has 4 nitrogen and oxygen atoms in total. The topological polar surface area (TPSA) is 57.4 Å². The first kappa shape index (κ1) is 16.5. The third-order valence-electron chi connectivity index (χ3n) is 2.99. The summed E-state index contributed by atoms with van der Waals surface area (Å²) in [7, 11) is 0. The Bertz CT molecular complexity index is 606. The van der Waals surface area contributed by atoms with Gasteiger partial charge in [-0.05, 0) is 37.1 Å². The highest BCUT2D eigenvalue weighted by Crippen LogP contribution is 2.36. The molecule has 0 spiro atoms. The highest BCUT2D eigenvalue weighted by molar-refractivity contribution is 8.13. The van der Waals surface area contributed by atoms with Gasteiger partial charge >= 0.3 is 6.18 Å². The maximum atomic E-state index is 12.9. The molecule has 1 aliphatic rings. The van der Waals surface area contributed by atoms with Crippen molar-refractivity contribution in [1.29, 1.82) is 5.26 Å². The van der Waals surface area contributed by atoms with Gasteiger partial charge in [0.1, 0.15) is 5.75 Å². The molecule has 0 heterocycles. The van der Waals surface area contributed by atoms with Gasteiger partial charge in [0, 0.05) is 6.07 Å². The fourth-order valence-corrected chi connectivity index (χ4v) is 2.03. The van der Waals surface area contributed by atoms with Crippen molar-refractivity contribution in [2.24, 2.45) is 10.9 Å². The maximum absolute atomic E-state index is 12.9. The first-order valence-electron chi connectivity index (χ1n) is 6.55. The van der Waals surface area contributed by atoms with Crippen molar-refractivity contribution < 1.29 is 17.9 Å². The van der Waals surface area contributed by atoms with Crippen LogP contribution in [0.5, 0.6) is 5.75 Å². The van der Waals surface area contributed by atoms with E-state index in [-0.39, 0.29) is 16.6 Å². The summed E-state index contributed by atoms with van der Waals surface area (Å²) in [6.45, 7) is 0.413. The SMILES string of the molecule is CSC(=Nc1cc(OCC2CC2)cc(C(F)(F)F)c1)NC#N. The van der Waals surface area contributed by atoms with Gasteiger partial charge in [0.25, 0.3) is 0 Å². The van der Waals surface area contributed by atoms with Gasteiger partial charge in [-0.15, -0.1) is 0 Å². The molecular formula is C14H14F3N3OS. The third-order valence-corrected chi connectivity index (χ3v) is 3.57. The van der Waals surface area contributed by atoms with Crippen LogP contribution in [-0.2, 0) is 6.18 Å². The number of nitriles is 1. The molecule has 22 heavy (non-hydrogen) atoms. The fourth-order valence-electron chi connectivity index (χ4n) is 1.68. The second-order valence-corrected chi connectivity index (χ2v) is 5.62. The summed E-state index contributed by atoms with van der Waals surface area (Å²) in [5.41, 5.74) is -0.732. The molecule has 0 aromatic heterocycles. The molecule has 1 aliphatic carbocycles. The van der Waals surface area contributed by atoms with Crippen LogP contribution in [0.1, 0.15) is 18.4 Å². The predicted molar refractivity (Wildman–Crippen MR) is 79.0 cm³/mol. The second kappa shape index (κ2) is 6.92. The normalized spacial score (nSPS) is 15.3. The predicted octanol–water partition coefficient (Wildman–Crippen LogP) is 3.92. The summed E-state index contributed by atoms with van der Waals surface area (Å²) in [5, 5.41) is 11.1. The van der Waals surface area contributed by atoms with Crippen LogP contribution in [0.4, 0.5) is 18.9 Å². The van der Waals surface area contributed by atoms with Gasteiger partial charge < -0.3 is 4.74 Å². The smallest absolute Gasteiger partial charge is 0.416 e. The molecular weight excluding hydrogens is 315 g/mol. The monoisotopic (exact) mass is 329 g/mol. The van der Waals surface area contributed by atoms with Gasteiger partial charge in [-0.1, -0.05) is 11.8 Å². The number of nitrogens with zero attached hydrogens (tertiary/aromatic N) is 2. The van der Waals surface area contributed by atoms with Crippen molar-refractivity contribution >= 4 is 22.6 Å². The van der Waals surface area contributed by atoms with E-state index < -0.39 is 11.7 Å². The Labute approximate surface area is 130 Å². The van der Waals surface area contributed by atoms with Gasteiger partial charge in [-0.25, -0.2) is 4.99 Å². The molecule has 0 bridgehead atoms. The van der Waals surface area contributed by atoms with Crippen molar-refractivity contribution in [2.75, 3.05) is 12.9 Å². The molecule has 1 aromatic rings. The zero-order chi connectivity index (χ0) is 16.2. The Balaban J connectivity index is 2.30. The van der Waals surface area contributed by atoms with E-state index in [2.05, 4.69) is 10.3 Å². The summed E-state index contributed by atoms with van der Waals surface area (Å²) in [4.78, 5) is 4.01. The Hall–Kier alpha value is -1.88. The second-order valence-electron chi connectivity index (χ2n) is 4.83. The van der Waals surface area contributed by atoms with E-state index in [1.165, 1.54) is 6.07 Å². The summed E-state index contributed by atoms with van der Waals surface area (Å²) in [5.74, 6) is 0.571. The van der Waals surface area contributed by atoms with E-state index in [1.54, 1.807) is 12.4 Å². The minimum atomic E-state index is -4.48. The molecule has 8 heteroatoms. The molecule has 0 amide bonds. The summed E-state index contributed by atoms with van der Waals surface area (Å²) < 4.78 is 44.3. The number of nitrogens with one attached hydrogen (secondary N) is 1. The average molecular weight is 329 g/mol. The Morgan fingerprint density at radius 2 is 2.18 bits per heavy atom. The van der Waals surface area contributed by atoms with E-state index in [0.717, 1.165) is 36.7 Å². The van der Waals surface area contributed by atoms with Crippen LogP contribution in [0.3, 0.4) is 0 Å².